The summed E-state index contributed by atoms with van der Waals surface area (Å²) in [6, 6.07) is 5.64. The summed E-state index contributed by atoms with van der Waals surface area (Å²) in [6.07, 6.45) is 0.957. The molecule has 0 aliphatic heterocycles. The van der Waals surface area contributed by atoms with Gasteiger partial charge in [-0.05, 0) is 24.6 Å². The van der Waals surface area contributed by atoms with Crippen molar-refractivity contribution in [2.75, 3.05) is 7.11 Å². The standard InChI is InChI=1S/C12H12ClNOS/c1-3-12-14-11(7-16-12)9-5-4-8(15-2)6-10(9)13/h4-7H,3H2,1-2H3. The summed E-state index contributed by atoms with van der Waals surface area (Å²) in [6.45, 7) is 2.10. The van der Waals surface area contributed by atoms with Gasteiger partial charge in [-0.1, -0.05) is 18.5 Å². The van der Waals surface area contributed by atoms with Crippen LogP contribution in [0.4, 0.5) is 0 Å². The summed E-state index contributed by atoms with van der Waals surface area (Å²) >= 11 is 7.84. The van der Waals surface area contributed by atoms with E-state index in [0.717, 1.165) is 28.4 Å². The number of nitrogens with zero attached hydrogens (tertiary/aromatic N) is 1. The normalized spacial score (nSPS) is 10.4. The predicted octanol–water partition coefficient (Wildman–Crippen LogP) is 4.03. The summed E-state index contributed by atoms with van der Waals surface area (Å²) in [5.41, 5.74) is 1.90. The van der Waals surface area contributed by atoms with Crippen LogP contribution >= 0.6 is 22.9 Å². The Balaban J connectivity index is 2.40. The zero-order valence-corrected chi connectivity index (χ0v) is 10.7. The van der Waals surface area contributed by atoms with Crippen LogP contribution < -0.4 is 4.74 Å². The molecule has 0 spiro atoms. The Kier molecular flexibility index (Phi) is 3.46. The lowest BCUT2D eigenvalue weighted by Crippen LogP contribution is -1.85. The van der Waals surface area contributed by atoms with Crippen LogP contribution in [0.25, 0.3) is 11.3 Å². The van der Waals surface area contributed by atoms with E-state index >= 15 is 0 Å². The molecule has 1 aromatic heterocycles. The van der Waals surface area contributed by atoms with E-state index < -0.39 is 0 Å². The number of aryl methyl sites for hydroxylation is 1. The van der Waals surface area contributed by atoms with Crippen LogP contribution in [0.1, 0.15) is 11.9 Å². The van der Waals surface area contributed by atoms with Crippen molar-refractivity contribution in [1.29, 1.82) is 0 Å². The molecular weight excluding hydrogens is 242 g/mol. The number of hydrogen-bond donors (Lipinski definition) is 0. The Bertz CT molecular complexity index is 496. The van der Waals surface area contributed by atoms with Crippen LogP contribution in [0.5, 0.6) is 5.75 Å². The molecule has 84 valence electrons. The summed E-state index contributed by atoms with van der Waals surface area (Å²) in [7, 11) is 1.63. The first kappa shape index (κ1) is 11.4. The molecule has 0 unspecified atom stereocenters. The maximum atomic E-state index is 6.18. The van der Waals surface area contributed by atoms with Crippen LogP contribution in [-0.4, -0.2) is 12.1 Å². The van der Waals surface area contributed by atoms with Crippen molar-refractivity contribution in [2.45, 2.75) is 13.3 Å². The highest BCUT2D eigenvalue weighted by molar-refractivity contribution is 7.09. The summed E-state index contributed by atoms with van der Waals surface area (Å²) < 4.78 is 5.11. The molecule has 0 saturated carbocycles. The van der Waals surface area contributed by atoms with Gasteiger partial charge in [0.25, 0.3) is 0 Å². The van der Waals surface area contributed by atoms with E-state index in [1.165, 1.54) is 0 Å². The van der Waals surface area contributed by atoms with Gasteiger partial charge in [-0.3, -0.25) is 0 Å². The molecule has 0 aliphatic carbocycles. The minimum absolute atomic E-state index is 0.673. The molecule has 2 rings (SSSR count). The third kappa shape index (κ3) is 2.20. The van der Waals surface area contributed by atoms with Crippen molar-refractivity contribution < 1.29 is 4.74 Å². The van der Waals surface area contributed by atoms with Gasteiger partial charge in [-0.25, -0.2) is 4.98 Å². The molecule has 4 heteroatoms. The van der Waals surface area contributed by atoms with Crippen LogP contribution in [0.2, 0.25) is 5.02 Å². The molecule has 0 saturated heterocycles. The second-order valence-electron chi connectivity index (χ2n) is 3.33. The van der Waals surface area contributed by atoms with Gasteiger partial charge in [0, 0.05) is 10.9 Å². The van der Waals surface area contributed by atoms with Crippen molar-refractivity contribution in [3.8, 4) is 17.0 Å². The van der Waals surface area contributed by atoms with E-state index in [2.05, 4.69) is 11.9 Å². The zero-order valence-electron chi connectivity index (χ0n) is 9.16. The lowest BCUT2D eigenvalue weighted by Gasteiger charge is -2.03. The molecule has 0 bridgehead atoms. The first-order valence-corrected chi connectivity index (χ1v) is 6.28. The topological polar surface area (TPSA) is 22.1 Å². The van der Waals surface area contributed by atoms with Crippen molar-refractivity contribution >= 4 is 22.9 Å². The van der Waals surface area contributed by atoms with Crippen molar-refractivity contribution in [3.05, 3.63) is 33.6 Å². The number of rotatable bonds is 3. The number of aromatic nitrogens is 1. The average Bonchev–Trinajstić information content (AvgIpc) is 2.77. The van der Waals surface area contributed by atoms with Gasteiger partial charge in [0.15, 0.2) is 0 Å². The number of thiazole rings is 1. The van der Waals surface area contributed by atoms with Gasteiger partial charge < -0.3 is 4.74 Å². The minimum atomic E-state index is 0.673. The lowest BCUT2D eigenvalue weighted by molar-refractivity contribution is 0.415. The van der Waals surface area contributed by atoms with Crippen molar-refractivity contribution in [1.82, 2.24) is 4.98 Å². The van der Waals surface area contributed by atoms with E-state index in [0.29, 0.717) is 5.02 Å². The molecule has 1 aromatic carbocycles. The van der Waals surface area contributed by atoms with Gasteiger partial charge in [0.1, 0.15) is 5.75 Å². The Labute approximate surface area is 104 Å². The third-order valence-electron chi connectivity index (χ3n) is 2.31. The van der Waals surface area contributed by atoms with E-state index in [9.17, 15) is 0 Å². The third-order valence-corrected chi connectivity index (χ3v) is 3.61. The molecular formula is C12H12ClNOS. The molecule has 2 aromatic rings. The number of ether oxygens (including phenoxy) is 1. The highest BCUT2D eigenvalue weighted by Crippen LogP contribution is 2.31. The summed E-state index contributed by atoms with van der Waals surface area (Å²) in [5.74, 6) is 0.764. The van der Waals surface area contributed by atoms with Crippen LogP contribution in [0.3, 0.4) is 0 Å². The Hall–Kier alpha value is -1.06. The molecule has 0 aliphatic rings. The maximum absolute atomic E-state index is 6.18. The van der Waals surface area contributed by atoms with Crippen molar-refractivity contribution in [3.63, 3.8) is 0 Å². The van der Waals surface area contributed by atoms with E-state index in [-0.39, 0.29) is 0 Å². The largest absolute Gasteiger partial charge is 0.497 e. The molecule has 0 amide bonds. The highest BCUT2D eigenvalue weighted by Gasteiger charge is 2.08. The van der Waals surface area contributed by atoms with Crippen LogP contribution in [0.15, 0.2) is 23.6 Å². The lowest BCUT2D eigenvalue weighted by atomic mass is 10.1. The van der Waals surface area contributed by atoms with Crippen molar-refractivity contribution in [2.24, 2.45) is 0 Å². The predicted molar refractivity (Wildman–Crippen MR) is 68.5 cm³/mol. The number of benzene rings is 1. The van der Waals surface area contributed by atoms with Gasteiger partial charge in [-0.15, -0.1) is 11.3 Å². The van der Waals surface area contributed by atoms with E-state index in [1.54, 1.807) is 18.4 Å². The van der Waals surface area contributed by atoms with Crippen LogP contribution in [-0.2, 0) is 6.42 Å². The van der Waals surface area contributed by atoms with Gasteiger partial charge in [0.05, 0.1) is 22.8 Å². The molecule has 0 N–H and O–H groups in total. The molecule has 0 radical (unpaired) electrons. The first-order chi connectivity index (χ1) is 7.74. The smallest absolute Gasteiger partial charge is 0.120 e. The molecule has 0 fully saturated rings. The summed E-state index contributed by atoms with van der Waals surface area (Å²) in [5, 5.41) is 3.83. The quantitative estimate of drug-likeness (QED) is 0.824. The van der Waals surface area contributed by atoms with E-state index in [4.69, 9.17) is 16.3 Å². The maximum Gasteiger partial charge on any atom is 0.120 e. The fourth-order valence-corrected chi connectivity index (χ4v) is 2.44. The minimum Gasteiger partial charge on any atom is -0.497 e. The van der Waals surface area contributed by atoms with Gasteiger partial charge in [0.2, 0.25) is 0 Å². The highest BCUT2D eigenvalue weighted by atomic mass is 35.5. The van der Waals surface area contributed by atoms with Crippen LogP contribution in [0, 0.1) is 0 Å². The molecule has 2 nitrogen and oxygen atoms in total. The molecule has 16 heavy (non-hydrogen) atoms. The van der Waals surface area contributed by atoms with E-state index in [1.807, 2.05) is 23.6 Å². The first-order valence-electron chi connectivity index (χ1n) is 5.03. The molecule has 0 atom stereocenters. The average molecular weight is 254 g/mol. The van der Waals surface area contributed by atoms with Gasteiger partial charge in [-0.2, -0.15) is 0 Å². The number of halogens is 1. The molecule has 1 heterocycles. The Morgan fingerprint density at radius 3 is 2.81 bits per heavy atom. The number of hydrogen-bond acceptors (Lipinski definition) is 3. The number of methoxy groups -OCH3 is 1. The SMILES string of the molecule is CCc1nc(-c2ccc(OC)cc2Cl)cs1. The Morgan fingerprint density at radius 2 is 2.25 bits per heavy atom. The van der Waals surface area contributed by atoms with Gasteiger partial charge >= 0.3 is 0 Å². The fraction of sp³-hybridized carbons (Fsp3) is 0.250. The summed E-state index contributed by atoms with van der Waals surface area (Å²) in [4.78, 5) is 4.51. The fourth-order valence-electron chi connectivity index (χ4n) is 1.43. The second-order valence-corrected chi connectivity index (χ2v) is 4.68. The zero-order chi connectivity index (χ0) is 11.5. The Morgan fingerprint density at radius 1 is 1.44 bits per heavy atom. The monoisotopic (exact) mass is 253 g/mol. The second kappa shape index (κ2) is 4.85.